The van der Waals surface area contributed by atoms with Crippen molar-refractivity contribution in [2.75, 3.05) is 6.54 Å². The van der Waals surface area contributed by atoms with Gasteiger partial charge >= 0.3 is 0 Å². The molecule has 0 spiro atoms. The zero-order valence-corrected chi connectivity index (χ0v) is 10.0. The molecule has 0 aromatic heterocycles. The van der Waals surface area contributed by atoms with Crippen molar-refractivity contribution in [2.24, 2.45) is 5.73 Å². The van der Waals surface area contributed by atoms with Gasteiger partial charge in [-0.15, -0.1) is 0 Å². The van der Waals surface area contributed by atoms with E-state index in [2.05, 4.69) is 19.9 Å². The normalized spacial score (nSPS) is 12.1. The minimum atomic E-state index is 0.806. The Balaban J connectivity index is 3.46. The van der Waals surface area contributed by atoms with Crippen LogP contribution in [-0.2, 0) is 0 Å². The van der Waals surface area contributed by atoms with Crippen LogP contribution in [0.15, 0.2) is 11.6 Å². The maximum atomic E-state index is 5.57. The van der Waals surface area contributed by atoms with Crippen LogP contribution in [0.5, 0.6) is 0 Å². The molecule has 0 aliphatic rings. The average molecular weight is 197 g/mol. The molecule has 0 rings (SSSR count). The van der Waals surface area contributed by atoms with E-state index in [-0.39, 0.29) is 0 Å². The molecule has 0 amide bonds. The zero-order chi connectivity index (χ0) is 10.6. The molecule has 0 aromatic carbocycles. The molecule has 0 aliphatic heterocycles. The number of hydrogen-bond donors (Lipinski definition) is 1. The molecule has 0 saturated carbocycles. The van der Waals surface area contributed by atoms with Crippen LogP contribution in [0.3, 0.4) is 0 Å². The van der Waals surface area contributed by atoms with Crippen LogP contribution in [0.1, 0.15) is 65.2 Å². The number of hydrogen-bond acceptors (Lipinski definition) is 1. The van der Waals surface area contributed by atoms with Gasteiger partial charge in [-0.1, -0.05) is 51.2 Å². The topological polar surface area (TPSA) is 26.0 Å². The highest BCUT2D eigenvalue weighted by atomic mass is 14.5. The molecule has 2 N–H and O–H groups in total. The summed E-state index contributed by atoms with van der Waals surface area (Å²) in [5.74, 6) is 0. The molecule has 1 heteroatoms. The lowest BCUT2D eigenvalue weighted by molar-refractivity contribution is 0.623. The van der Waals surface area contributed by atoms with Gasteiger partial charge in [0.05, 0.1) is 0 Å². The third-order valence-electron chi connectivity index (χ3n) is 2.56. The summed E-state index contributed by atoms with van der Waals surface area (Å²) in [6.07, 6.45) is 12.8. The molecule has 0 radical (unpaired) electrons. The Morgan fingerprint density at radius 2 is 1.71 bits per heavy atom. The lowest BCUT2D eigenvalue weighted by Crippen LogP contribution is -2.00. The predicted molar refractivity (Wildman–Crippen MR) is 65.4 cm³/mol. The van der Waals surface area contributed by atoms with Crippen molar-refractivity contribution in [2.45, 2.75) is 65.2 Å². The van der Waals surface area contributed by atoms with Crippen LogP contribution in [-0.4, -0.2) is 6.54 Å². The third kappa shape index (κ3) is 8.31. The Morgan fingerprint density at radius 1 is 1.00 bits per heavy atom. The van der Waals surface area contributed by atoms with Crippen LogP contribution in [0.4, 0.5) is 0 Å². The Morgan fingerprint density at radius 3 is 2.29 bits per heavy atom. The summed E-state index contributed by atoms with van der Waals surface area (Å²) in [5, 5.41) is 0. The van der Waals surface area contributed by atoms with Gasteiger partial charge in [-0.05, 0) is 32.2 Å². The Bertz CT molecular complexity index is 138. The number of rotatable bonds is 9. The van der Waals surface area contributed by atoms with Crippen molar-refractivity contribution in [3.63, 3.8) is 0 Å². The minimum absolute atomic E-state index is 0.806. The summed E-state index contributed by atoms with van der Waals surface area (Å²) in [5.41, 5.74) is 7.15. The second-order valence-electron chi connectivity index (χ2n) is 3.97. The summed E-state index contributed by atoms with van der Waals surface area (Å²) in [6.45, 7) is 5.27. The van der Waals surface area contributed by atoms with Gasteiger partial charge < -0.3 is 5.73 Å². The molecule has 0 fully saturated rings. The molecule has 0 aliphatic carbocycles. The highest BCUT2D eigenvalue weighted by Gasteiger charge is 1.96. The van der Waals surface area contributed by atoms with E-state index in [0.717, 1.165) is 19.4 Å². The molecule has 0 heterocycles. The van der Waals surface area contributed by atoms with E-state index in [1.807, 2.05) is 0 Å². The van der Waals surface area contributed by atoms with Gasteiger partial charge in [0.15, 0.2) is 0 Å². The van der Waals surface area contributed by atoms with Gasteiger partial charge in [0.1, 0.15) is 0 Å². The van der Waals surface area contributed by atoms with Crippen molar-refractivity contribution in [3.8, 4) is 0 Å². The molecule has 84 valence electrons. The second kappa shape index (κ2) is 10.8. The Kier molecular flexibility index (Phi) is 10.5. The fourth-order valence-electron chi connectivity index (χ4n) is 1.76. The molecular formula is C13H27N. The van der Waals surface area contributed by atoms with Gasteiger partial charge in [0.25, 0.3) is 0 Å². The highest BCUT2D eigenvalue weighted by molar-refractivity contribution is 5.01. The predicted octanol–water partition coefficient (Wildman–Crippen LogP) is 4.03. The molecule has 0 saturated heterocycles. The van der Waals surface area contributed by atoms with Gasteiger partial charge in [0, 0.05) is 0 Å². The lowest BCUT2D eigenvalue weighted by Gasteiger charge is -2.05. The first kappa shape index (κ1) is 13.7. The van der Waals surface area contributed by atoms with E-state index in [1.54, 1.807) is 5.57 Å². The van der Waals surface area contributed by atoms with Gasteiger partial charge in [-0.3, -0.25) is 0 Å². The summed E-state index contributed by atoms with van der Waals surface area (Å²) in [4.78, 5) is 0. The zero-order valence-electron chi connectivity index (χ0n) is 10.0. The molecule has 0 atom stereocenters. The number of allylic oxidation sites excluding steroid dienone is 1. The van der Waals surface area contributed by atoms with Gasteiger partial charge in [-0.25, -0.2) is 0 Å². The maximum Gasteiger partial charge on any atom is -0.00399 e. The minimum Gasteiger partial charge on any atom is -0.330 e. The first-order chi connectivity index (χ1) is 6.85. The van der Waals surface area contributed by atoms with E-state index in [9.17, 15) is 0 Å². The van der Waals surface area contributed by atoms with Crippen LogP contribution >= 0.6 is 0 Å². The van der Waals surface area contributed by atoms with Gasteiger partial charge in [0.2, 0.25) is 0 Å². The van der Waals surface area contributed by atoms with Crippen molar-refractivity contribution in [1.29, 1.82) is 0 Å². The quantitative estimate of drug-likeness (QED) is 0.438. The first-order valence-corrected chi connectivity index (χ1v) is 6.23. The van der Waals surface area contributed by atoms with E-state index in [4.69, 9.17) is 5.73 Å². The number of unbranched alkanes of at least 4 members (excludes halogenated alkanes) is 4. The van der Waals surface area contributed by atoms with Crippen molar-refractivity contribution in [1.82, 2.24) is 0 Å². The SMILES string of the molecule is CCC=C(CCN)CCCCCCC. The van der Waals surface area contributed by atoms with Crippen LogP contribution in [0, 0.1) is 0 Å². The van der Waals surface area contributed by atoms with Crippen molar-refractivity contribution < 1.29 is 0 Å². The molecule has 1 nitrogen and oxygen atoms in total. The fraction of sp³-hybridized carbons (Fsp3) is 0.846. The van der Waals surface area contributed by atoms with Crippen LogP contribution < -0.4 is 5.73 Å². The average Bonchev–Trinajstić information content (AvgIpc) is 2.18. The molecule has 0 aromatic rings. The smallest absolute Gasteiger partial charge is 0.00399 e. The monoisotopic (exact) mass is 197 g/mol. The second-order valence-corrected chi connectivity index (χ2v) is 3.97. The Hall–Kier alpha value is -0.300. The van der Waals surface area contributed by atoms with E-state index in [1.165, 1.54) is 38.5 Å². The fourth-order valence-corrected chi connectivity index (χ4v) is 1.76. The molecule has 14 heavy (non-hydrogen) atoms. The number of nitrogens with two attached hydrogens (primary N) is 1. The summed E-state index contributed by atoms with van der Waals surface area (Å²) >= 11 is 0. The van der Waals surface area contributed by atoms with E-state index < -0.39 is 0 Å². The maximum absolute atomic E-state index is 5.57. The van der Waals surface area contributed by atoms with Crippen molar-refractivity contribution >= 4 is 0 Å². The summed E-state index contributed by atoms with van der Waals surface area (Å²) < 4.78 is 0. The van der Waals surface area contributed by atoms with Gasteiger partial charge in [-0.2, -0.15) is 0 Å². The van der Waals surface area contributed by atoms with E-state index >= 15 is 0 Å². The lowest BCUT2D eigenvalue weighted by atomic mass is 10.0. The first-order valence-electron chi connectivity index (χ1n) is 6.23. The van der Waals surface area contributed by atoms with Crippen LogP contribution in [0.2, 0.25) is 0 Å². The standard InChI is InChI=1S/C13H27N/c1-3-5-6-7-8-10-13(9-4-2)11-12-14/h9H,3-8,10-12,14H2,1-2H3. The van der Waals surface area contributed by atoms with Crippen molar-refractivity contribution in [3.05, 3.63) is 11.6 Å². The Labute approximate surface area is 89.8 Å². The largest absolute Gasteiger partial charge is 0.330 e. The van der Waals surface area contributed by atoms with Crippen LogP contribution in [0.25, 0.3) is 0 Å². The van der Waals surface area contributed by atoms with E-state index in [0.29, 0.717) is 0 Å². The summed E-state index contributed by atoms with van der Waals surface area (Å²) in [7, 11) is 0. The molecule has 0 bridgehead atoms. The third-order valence-corrected chi connectivity index (χ3v) is 2.56. The highest BCUT2D eigenvalue weighted by Crippen LogP contribution is 2.14. The molecular weight excluding hydrogens is 170 g/mol. The molecule has 0 unspecified atom stereocenters. The summed E-state index contributed by atoms with van der Waals surface area (Å²) in [6, 6.07) is 0.